The minimum absolute atomic E-state index is 0.163. The average molecular weight is 414 g/mol. The number of rotatable bonds is 4. The third-order valence-corrected chi connectivity index (χ3v) is 7.04. The molecule has 1 fully saturated rings. The number of anilines is 1. The summed E-state index contributed by atoms with van der Waals surface area (Å²) in [7, 11) is -3.63. The van der Waals surface area contributed by atoms with Gasteiger partial charge in [-0.05, 0) is 44.0 Å². The van der Waals surface area contributed by atoms with Crippen molar-refractivity contribution in [2.45, 2.75) is 36.7 Å². The van der Waals surface area contributed by atoms with E-state index in [1.165, 1.54) is 4.31 Å². The third kappa shape index (κ3) is 4.01. The molecule has 0 bridgehead atoms. The van der Waals surface area contributed by atoms with Crippen LogP contribution in [0.1, 0.15) is 24.8 Å². The SMILES string of the molecule is Cc1ccc(S(=O)(=O)N2CCCC3(CC(C(=O)Nc4cccnc4)=NO3)C2)cc1. The van der Waals surface area contributed by atoms with E-state index < -0.39 is 15.6 Å². The molecule has 1 N–H and O–H groups in total. The minimum atomic E-state index is -3.63. The number of piperidine rings is 1. The Hall–Kier alpha value is -2.78. The van der Waals surface area contributed by atoms with Crippen LogP contribution in [0.4, 0.5) is 5.69 Å². The Balaban J connectivity index is 1.46. The van der Waals surface area contributed by atoms with Gasteiger partial charge in [-0.2, -0.15) is 4.31 Å². The van der Waals surface area contributed by atoms with Crippen LogP contribution >= 0.6 is 0 Å². The lowest BCUT2D eigenvalue weighted by atomic mass is 9.89. The van der Waals surface area contributed by atoms with Crippen molar-refractivity contribution in [1.29, 1.82) is 0 Å². The van der Waals surface area contributed by atoms with Crippen molar-refractivity contribution in [3.63, 3.8) is 0 Å². The Morgan fingerprint density at radius 3 is 2.76 bits per heavy atom. The molecule has 1 aromatic heterocycles. The summed E-state index contributed by atoms with van der Waals surface area (Å²) in [6.07, 6.45) is 4.70. The zero-order chi connectivity index (χ0) is 20.5. The molecule has 9 heteroatoms. The lowest BCUT2D eigenvalue weighted by Gasteiger charge is -2.37. The first-order valence-electron chi connectivity index (χ1n) is 9.41. The molecule has 1 spiro atoms. The number of carbonyl (C=O) groups excluding carboxylic acids is 1. The molecule has 152 valence electrons. The van der Waals surface area contributed by atoms with Gasteiger partial charge in [0.25, 0.3) is 5.91 Å². The molecular weight excluding hydrogens is 392 g/mol. The van der Waals surface area contributed by atoms with Crippen molar-refractivity contribution in [2.75, 3.05) is 18.4 Å². The second-order valence-corrected chi connectivity index (χ2v) is 9.38. The Labute approximate surface area is 169 Å². The lowest BCUT2D eigenvalue weighted by Crippen LogP contribution is -2.50. The Morgan fingerprint density at radius 2 is 2.03 bits per heavy atom. The van der Waals surface area contributed by atoms with Crippen LogP contribution in [0.15, 0.2) is 58.8 Å². The summed E-state index contributed by atoms with van der Waals surface area (Å²) in [5.74, 6) is -0.367. The number of nitrogens with zero attached hydrogens (tertiary/aromatic N) is 3. The molecule has 1 saturated heterocycles. The molecule has 3 heterocycles. The number of aryl methyl sites for hydroxylation is 1. The molecule has 1 aromatic carbocycles. The van der Waals surface area contributed by atoms with E-state index in [9.17, 15) is 13.2 Å². The maximum atomic E-state index is 13.0. The summed E-state index contributed by atoms with van der Waals surface area (Å²) >= 11 is 0. The zero-order valence-corrected chi connectivity index (χ0v) is 16.9. The van der Waals surface area contributed by atoms with E-state index in [4.69, 9.17) is 4.84 Å². The van der Waals surface area contributed by atoms with Crippen molar-refractivity contribution >= 4 is 27.3 Å². The highest BCUT2D eigenvalue weighted by Gasteiger charge is 2.47. The average Bonchev–Trinajstić information content (AvgIpc) is 3.12. The van der Waals surface area contributed by atoms with Crippen LogP contribution < -0.4 is 5.32 Å². The standard InChI is InChI=1S/C20H22N4O4S/c1-15-5-7-17(8-6-15)29(26,27)24-11-3-9-20(14-24)12-18(23-28-20)19(25)22-16-4-2-10-21-13-16/h2,4-8,10,13H,3,9,11-12,14H2,1H3,(H,22,25). The number of aromatic nitrogens is 1. The monoisotopic (exact) mass is 414 g/mol. The number of oxime groups is 1. The topological polar surface area (TPSA) is 101 Å². The Kier molecular flexibility index (Phi) is 5.10. The van der Waals surface area contributed by atoms with Gasteiger partial charge >= 0.3 is 0 Å². The number of sulfonamides is 1. The van der Waals surface area contributed by atoms with E-state index in [1.54, 1.807) is 48.8 Å². The van der Waals surface area contributed by atoms with E-state index in [-0.39, 0.29) is 29.5 Å². The van der Waals surface area contributed by atoms with Crippen LogP contribution in [-0.2, 0) is 19.7 Å². The number of benzene rings is 1. The summed E-state index contributed by atoms with van der Waals surface area (Å²) in [4.78, 5) is 22.3. The third-order valence-electron chi connectivity index (χ3n) is 5.18. The van der Waals surface area contributed by atoms with Gasteiger partial charge < -0.3 is 10.2 Å². The molecule has 4 rings (SSSR count). The van der Waals surface area contributed by atoms with Crippen LogP contribution in [0.25, 0.3) is 0 Å². The van der Waals surface area contributed by atoms with E-state index >= 15 is 0 Å². The summed E-state index contributed by atoms with van der Waals surface area (Å²) in [5, 5.41) is 6.71. The van der Waals surface area contributed by atoms with E-state index in [0.29, 0.717) is 25.1 Å². The quantitative estimate of drug-likeness (QED) is 0.827. The maximum absolute atomic E-state index is 13.0. The number of carbonyl (C=O) groups is 1. The van der Waals surface area contributed by atoms with Crippen LogP contribution in [-0.4, -0.2) is 48.0 Å². The lowest BCUT2D eigenvalue weighted by molar-refractivity contribution is -0.110. The largest absolute Gasteiger partial charge is 0.387 e. The van der Waals surface area contributed by atoms with Gasteiger partial charge in [-0.25, -0.2) is 8.42 Å². The smallest absolute Gasteiger partial charge is 0.273 e. The van der Waals surface area contributed by atoms with Gasteiger partial charge in [0.05, 0.1) is 23.3 Å². The van der Waals surface area contributed by atoms with Crippen molar-refractivity contribution in [1.82, 2.24) is 9.29 Å². The van der Waals surface area contributed by atoms with Gasteiger partial charge in [-0.15, -0.1) is 0 Å². The predicted molar refractivity (Wildman–Crippen MR) is 108 cm³/mol. The first kappa shape index (κ1) is 19.5. The molecule has 1 atom stereocenters. The first-order chi connectivity index (χ1) is 13.9. The summed E-state index contributed by atoms with van der Waals surface area (Å²) in [6, 6.07) is 10.2. The van der Waals surface area contributed by atoms with Crippen LogP contribution in [0.2, 0.25) is 0 Å². The Bertz CT molecular complexity index is 1040. The number of pyridine rings is 1. The number of amides is 1. The van der Waals surface area contributed by atoms with Crippen molar-refractivity contribution in [2.24, 2.45) is 5.16 Å². The second kappa shape index (κ2) is 7.57. The van der Waals surface area contributed by atoms with Gasteiger partial charge in [-0.1, -0.05) is 22.9 Å². The Morgan fingerprint density at radius 1 is 1.24 bits per heavy atom. The van der Waals surface area contributed by atoms with Crippen molar-refractivity contribution in [3.05, 3.63) is 54.4 Å². The fraction of sp³-hybridized carbons (Fsp3) is 0.350. The molecule has 2 aliphatic heterocycles. The van der Waals surface area contributed by atoms with Crippen LogP contribution in [0.3, 0.4) is 0 Å². The molecule has 1 amide bonds. The summed E-state index contributed by atoms with van der Waals surface area (Å²) in [5.41, 5.74) is 1.00. The van der Waals surface area contributed by atoms with Crippen LogP contribution in [0.5, 0.6) is 0 Å². The molecule has 0 saturated carbocycles. The number of hydrogen-bond donors (Lipinski definition) is 1. The molecule has 0 radical (unpaired) electrons. The van der Waals surface area contributed by atoms with Gasteiger partial charge in [0, 0.05) is 19.2 Å². The van der Waals surface area contributed by atoms with Crippen molar-refractivity contribution in [3.8, 4) is 0 Å². The van der Waals surface area contributed by atoms with Gasteiger partial charge in [0.2, 0.25) is 10.0 Å². The molecule has 2 aliphatic rings. The predicted octanol–water partition coefficient (Wildman–Crippen LogP) is 2.33. The van der Waals surface area contributed by atoms with E-state index in [1.807, 2.05) is 6.92 Å². The summed E-state index contributed by atoms with van der Waals surface area (Å²) < 4.78 is 27.5. The summed E-state index contributed by atoms with van der Waals surface area (Å²) in [6.45, 7) is 2.49. The molecule has 0 aliphatic carbocycles. The van der Waals surface area contributed by atoms with Gasteiger partial charge in [-0.3, -0.25) is 9.78 Å². The normalized spacial score (nSPS) is 22.2. The van der Waals surface area contributed by atoms with Crippen LogP contribution in [0, 0.1) is 6.92 Å². The number of nitrogens with one attached hydrogen (secondary N) is 1. The molecule has 8 nitrogen and oxygen atoms in total. The van der Waals surface area contributed by atoms with E-state index in [2.05, 4.69) is 15.5 Å². The zero-order valence-electron chi connectivity index (χ0n) is 16.0. The van der Waals surface area contributed by atoms with Gasteiger partial charge in [0.1, 0.15) is 5.71 Å². The molecule has 1 unspecified atom stereocenters. The highest BCUT2D eigenvalue weighted by Crippen LogP contribution is 2.35. The fourth-order valence-corrected chi connectivity index (χ4v) is 5.18. The van der Waals surface area contributed by atoms with E-state index in [0.717, 1.165) is 5.56 Å². The van der Waals surface area contributed by atoms with Crippen molar-refractivity contribution < 1.29 is 18.0 Å². The number of hydrogen-bond acceptors (Lipinski definition) is 6. The fourth-order valence-electron chi connectivity index (χ4n) is 3.62. The molecular formula is C20H22N4O4S. The minimum Gasteiger partial charge on any atom is -0.387 e. The highest BCUT2D eigenvalue weighted by atomic mass is 32.2. The first-order valence-corrected chi connectivity index (χ1v) is 10.9. The maximum Gasteiger partial charge on any atom is 0.273 e. The molecule has 29 heavy (non-hydrogen) atoms. The second-order valence-electron chi connectivity index (χ2n) is 7.44. The molecule has 2 aromatic rings. The highest BCUT2D eigenvalue weighted by molar-refractivity contribution is 7.89. The van der Waals surface area contributed by atoms with Gasteiger partial charge in [0.15, 0.2) is 5.60 Å².